The van der Waals surface area contributed by atoms with E-state index in [1.807, 2.05) is 25.1 Å². The first-order chi connectivity index (χ1) is 18.4. The maximum Gasteiger partial charge on any atom is 0.257 e. The molecule has 10 nitrogen and oxygen atoms in total. The van der Waals surface area contributed by atoms with Gasteiger partial charge in [0, 0.05) is 58.4 Å². The molecule has 0 radical (unpaired) electrons. The van der Waals surface area contributed by atoms with Crippen molar-refractivity contribution in [2.45, 2.75) is 38.5 Å². The maximum atomic E-state index is 13.5. The van der Waals surface area contributed by atoms with Gasteiger partial charge in [-0.3, -0.25) is 14.4 Å². The van der Waals surface area contributed by atoms with E-state index in [1.54, 1.807) is 6.20 Å². The zero-order valence-corrected chi connectivity index (χ0v) is 22.5. The average Bonchev–Trinajstić information content (AvgIpc) is 2.92. The summed E-state index contributed by atoms with van der Waals surface area (Å²) in [6.45, 7) is 6.58. The molecule has 1 unspecified atom stereocenters. The first-order valence-electron chi connectivity index (χ1n) is 13.6. The average molecular weight is 522 g/mol. The third kappa shape index (κ3) is 7.50. The summed E-state index contributed by atoms with van der Waals surface area (Å²) in [5.74, 6) is 0.332. The van der Waals surface area contributed by atoms with Crippen LogP contribution >= 0.6 is 0 Å². The number of aromatic nitrogens is 2. The van der Waals surface area contributed by atoms with Gasteiger partial charge >= 0.3 is 0 Å². The monoisotopic (exact) mass is 521 g/mol. The smallest absolute Gasteiger partial charge is 0.257 e. The van der Waals surface area contributed by atoms with Crippen LogP contribution in [0.25, 0.3) is 0 Å². The second kappa shape index (κ2) is 13.3. The number of hydrogen-bond donors (Lipinski definition) is 2. The first-order valence-corrected chi connectivity index (χ1v) is 13.6. The summed E-state index contributed by atoms with van der Waals surface area (Å²) in [6, 6.07) is 10.1. The molecular formula is C28H39N7O3. The van der Waals surface area contributed by atoms with Crippen molar-refractivity contribution in [2.75, 3.05) is 64.3 Å². The number of anilines is 1. The van der Waals surface area contributed by atoms with E-state index >= 15 is 0 Å². The minimum absolute atomic E-state index is 0.00800. The summed E-state index contributed by atoms with van der Waals surface area (Å²) >= 11 is 0. The molecule has 2 N–H and O–H groups in total. The fourth-order valence-electron chi connectivity index (χ4n) is 4.96. The fourth-order valence-corrected chi connectivity index (χ4v) is 4.96. The Morgan fingerprint density at radius 3 is 2.42 bits per heavy atom. The summed E-state index contributed by atoms with van der Waals surface area (Å²) < 4.78 is 0. The summed E-state index contributed by atoms with van der Waals surface area (Å²) in [5.41, 5.74) is 2.15. The highest BCUT2D eigenvalue weighted by atomic mass is 16.2. The van der Waals surface area contributed by atoms with Crippen molar-refractivity contribution in [1.29, 1.82) is 0 Å². The van der Waals surface area contributed by atoms with Crippen LogP contribution in [0.4, 0.5) is 5.95 Å². The fraction of sp³-hybridized carbons (Fsp3) is 0.536. The number of aryl methyl sites for hydroxylation is 1. The van der Waals surface area contributed by atoms with Crippen LogP contribution in [0.1, 0.15) is 53.2 Å². The van der Waals surface area contributed by atoms with Gasteiger partial charge in [0.25, 0.3) is 5.91 Å². The van der Waals surface area contributed by atoms with Crippen LogP contribution in [0, 0.1) is 6.92 Å². The number of rotatable bonds is 3. The summed E-state index contributed by atoms with van der Waals surface area (Å²) in [6.07, 6.45) is 3.99. The molecule has 2 saturated heterocycles. The number of carbonyl (C=O) groups is 3. The van der Waals surface area contributed by atoms with Crippen LogP contribution in [-0.4, -0.2) is 96.9 Å². The van der Waals surface area contributed by atoms with Gasteiger partial charge in [-0.05, 0) is 44.7 Å². The van der Waals surface area contributed by atoms with Crippen molar-refractivity contribution in [2.24, 2.45) is 0 Å². The third-order valence-corrected chi connectivity index (χ3v) is 7.34. The van der Waals surface area contributed by atoms with Crippen molar-refractivity contribution in [3.05, 3.63) is 53.3 Å². The van der Waals surface area contributed by atoms with Gasteiger partial charge in [0.1, 0.15) is 0 Å². The first kappa shape index (κ1) is 27.5. The Bertz CT molecular complexity index is 1100. The van der Waals surface area contributed by atoms with Crippen LogP contribution in [0.3, 0.4) is 0 Å². The third-order valence-electron chi connectivity index (χ3n) is 7.34. The van der Waals surface area contributed by atoms with E-state index in [-0.39, 0.29) is 30.2 Å². The highest BCUT2D eigenvalue weighted by molar-refractivity contribution is 5.97. The number of hydrogen-bond acceptors (Lipinski definition) is 7. The van der Waals surface area contributed by atoms with Gasteiger partial charge in [-0.2, -0.15) is 0 Å². The van der Waals surface area contributed by atoms with Gasteiger partial charge in [-0.1, -0.05) is 30.3 Å². The molecule has 2 fully saturated rings. The molecule has 2 aliphatic heterocycles. The van der Waals surface area contributed by atoms with Gasteiger partial charge in [-0.25, -0.2) is 9.97 Å². The number of carbonyl (C=O) groups excluding carboxylic acids is 3. The van der Waals surface area contributed by atoms with Crippen LogP contribution in [-0.2, 0) is 9.59 Å². The van der Waals surface area contributed by atoms with Gasteiger partial charge in [0.15, 0.2) is 0 Å². The largest absolute Gasteiger partial charge is 0.356 e. The summed E-state index contributed by atoms with van der Waals surface area (Å²) in [4.78, 5) is 53.8. The number of benzene rings is 1. The molecule has 2 aliphatic rings. The van der Waals surface area contributed by atoms with Gasteiger partial charge < -0.3 is 25.3 Å². The predicted octanol–water partition coefficient (Wildman–Crippen LogP) is 1.57. The minimum Gasteiger partial charge on any atom is -0.356 e. The minimum atomic E-state index is -0.275. The van der Waals surface area contributed by atoms with E-state index in [0.717, 1.165) is 44.6 Å². The highest BCUT2D eigenvalue weighted by Crippen LogP contribution is 2.24. The van der Waals surface area contributed by atoms with Crippen molar-refractivity contribution >= 4 is 23.7 Å². The van der Waals surface area contributed by atoms with Gasteiger partial charge in [0.2, 0.25) is 17.8 Å². The van der Waals surface area contributed by atoms with Crippen LogP contribution < -0.4 is 15.5 Å². The van der Waals surface area contributed by atoms with Crippen molar-refractivity contribution in [3.8, 4) is 0 Å². The summed E-state index contributed by atoms with van der Waals surface area (Å²) in [5, 5.41) is 5.94. The van der Waals surface area contributed by atoms with Crippen LogP contribution in [0.5, 0.6) is 0 Å². The van der Waals surface area contributed by atoms with Crippen LogP contribution in [0.15, 0.2) is 36.5 Å². The van der Waals surface area contributed by atoms with E-state index in [2.05, 4.69) is 49.6 Å². The van der Waals surface area contributed by atoms with Gasteiger partial charge in [0.05, 0.1) is 17.8 Å². The Kier molecular flexibility index (Phi) is 9.64. The molecular weight excluding hydrogens is 482 g/mol. The Morgan fingerprint density at radius 2 is 1.68 bits per heavy atom. The molecule has 0 aliphatic carbocycles. The lowest BCUT2D eigenvalue weighted by molar-refractivity contribution is -0.123. The van der Waals surface area contributed by atoms with E-state index in [0.29, 0.717) is 49.7 Å². The molecule has 3 heterocycles. The second-order valence-corrected chi connectivity index (χ2v) is 10.2. The predicted molar refractivity (Wildman–Crippen MR) is 146 cm³/mol. The topological polar surface area (TPSA) is 111 Å². The molecule has 0 saturated carbocycles. The normalized spacial score (nSPS) is 20.8. The van der Waals surface area contributed by atoms with Crippen molar-refractivity contribution < 1.29 is 14.4 Å². The maximum absolute atomic E-state index is 13.5. The summed E-state index contributed by atoms with van der Waals surface area (Å²) in [7, 11) is 2.09. The molecule has 1 aromatic heterocycles. The molecule has 204 valence electrons. The van der Waals surface area contributed by atoms with E-state index < -0.39 is 0 Å². The lowest BCUT2D eigenvalue weighted by Gasteiger charge is -2.32. The number of likely N-dealkylation sites (N-methyl/N-ethyl adjacent to an activating group) is 1. The number of amides is 3. The lowest BCUT2D eigenvalue weighted by Crippen LogP contribution is -2.45. The van der Waals surface area contributed by atoms with Crippen molar-refractivity contribution in [3.63, 3.8) is 0 Å². The van der Waals surface area contributed by atoms with E-state index in [1.165, 1.54) is 4.90 Å². The molecule has 1 atom stereocenters. The number of nitrogens with one attached hydrogen (secondary N) is 2. The zero-order valence-electron chi connectivity index (χ0n) is 22.5. The molecule has 3 amide bonds. The Hall–Kier alpha value is -3.53. The zero-order chi connectivity index (χ0) is 26.9. The van der Waals surface area contributed by atoms with Crippen LogP contribution in [0.2, 0.25) is 0 Å². The van der Waals surface area contributed by atoms with E-state index in [9.17, 15) is 14.4 Å². The Morgan fingerprint density at radius 1 is 0.947 bits per heavy atom. The molecule has 1 aromatic carbocycles. The standard InChI is InChI=1S/C28H39N7O3/c1-21-24(19-31-28(32-21)34-17-15-33(2)16-18-34)27(38)35-14-6-12-29-25(36)10-9-23(11-13-30-26(37)20-35)22-7-4-3-5-8-22/h3-5,7-8,19,23H,6,9-18,20H2,1-2H3,(H,29,36)(H,30,37). The quantitative estimate of drug-likeness (QED) is 0.631. The molecule has 38 heavy (non-hydrogen) atoms. The Labute approximate surface area is 224 Å². The molecule has 2 aromatic rings. The number of piperazine rings is 1. The van der Waals surface area contributed by atoms with Gasteiger partial charge in [-0.15, -0.1) is 0 Å². The molecule has 10 heteroatoms. The lowest BCUT2D eigenvalue weighted by atomic mass is 9.91. The molecule has 0 bridgehead atoms. The van der Waals surface area contributed by atoms with E-state index in [4.69, 9.17) is 0 Å². The SMILES string of the molecule is Cc1nc(N2CCN(C)CC2)ncc1C(=O)N1CCCNC(=O)CCC(c2ccccc2)CCNC(=O)C1. The number of nitrogens with zero attached hydrogens (tertiary/aromatic N) is 5. The highest BCUT2D eigenvalue weighted by Gasteiger charge is 2.24. The second-order valence-electron chi connectivity index (χ2n) is 10.2. The molecule has 0 spiro atoms. The molecule has 4 rings (SSSR count). The van der Waals surface area contributed by atoms with Crippen molar-refractivity contribution in [1.82, 2.24) is 30.4 Å². The Balaban J connectivity index is 1.43.